The number of aryl methyl sites for hydroxylation is 2. The van der Waals surface area contributed by atoms with Gasteiger partial charge in [-0.3, -0.25) is 0 Å². The monoisotopic (exact) mass is 336 g/mol. The number of rotatable bonds is 7. The molecule has 4 heteroatoms. The van der Waals surface area contributed by atoms with Crippen molar-refractivity contribution >= 4 is 11.8 Å². The van der Waals surface area contributed by atoms with E-state index < -0.39 is 0 Å². The predicted octanol–water partition coefficient (Wildman–Crippen LogP) is 5.01. The first kappa shape index (κ1) is 17.5. The average molecular weight is 336 g/mol. The van der Waals surface area contributed by atoms with E-state index >= 15 is 0 Å². The standard InChI is InChI=1S/C21H28N4/c1-16-8-10-19(11-9-16)15-23-20-14-17(2)24-21(25-20)22-13-12-18-6-4-3-5-7-18/h6,8-11,14H,3-5,7,12-13,15H2,1-2H3,(H2,22,23,24,25). The van der Waals surface area contributed by atoms with E-state index in [9.17, 15) is 0 Å². The van der Waals surface area contributed by atoms with Crippen molar-refractivity contribution in [1.82, 2.24) is 9.97 Å². The van der Waals surface area contributed by atoms with Crippen LogP contribution in [0.5, 0.6) is 0 Å². The first-order valence-corrected chi connectivity index (χ1v) is 9.26. The number of benzene rings is 1. The highest BCUT2D eigenvalue weighted by Gasteiger charge is 2.05. The molecule has 0 saturated heterocycles. The van der Waals surface area contributed by atoms with E-state index in [1.165, 1.54) is 36.8 Å². The maximum Gasteiger partial charge on any atom is 0.224 e. The second kappa shape index (κ2) is 8.65. The maximum atomic E-state index is 4.60. The molecule has 2 N–H and O–H groups in total. The summed E-state index contributed by atoms with van der Waals surface area (Å²) in [5, 5.41) is 6.77. The molecule has 1 aliphatic carbocycles. The largest absolute Gasteiger partial charge is 0.366 e. The van der Waals surface area contributed by atoms with E-state index in [4.69, 9.17) is 0 Å². The van der Waals surface area contributed by atoms with Gasteiger partial charge in [0.15, 0.2) is 0 Å². The molecule has 2 aromatic rings. The van der Waals surface area contributed by atoms with Crippen molar-refractivity contribution in [3.63, 3.8) is 0 Å². The van der Waals surface area contributed by atoms with E-state index in [0.29, 0.717) is 5.95 Å². The summed E-state index contributed by atoms with van der Waals surface area (Å²) < 4.78 is 0. The fraction of sp³-hybridized carbons (Fsp3) is 0.429. The van der Waals surface area contributed by atoms with Gasteiger partial charge in [0, 0.05) is 24.8 Å². The lowest BCUT2D eigenvalue weighted by atomic mass is 9.97. The lowest BCUT2D eigenvalue weighted by Gasteiger charge is -2.13. The zero-order valence-electron chi connectivity index (χ0n) is 15.3. The Bertz CT molecular complexity index is 719. The summed E-state index contributed by atoms with van der Waals surface area (Å²) in [5.41, 5.74) is 5.08. The van der Waals surface area contributed by atoms with Crippen LogP contribution in [0.2, 0.25) is 0 Å². The Hall–Kier alpha value is -2.36. The molecule has 0 aliphatic heterocycles. The number of nitrogens with one attached hydrogen (secondary N) is 2. The zero-order valence-corrected chi connectivity index (χ0v) is 15.3. The maximum absolute atomic E-state index is 4.60. The van der Waals surface area contributed by atoms with Crippen molar-refractivity contribution in [3.05, 3.63) is 58.8 Å². The topological polar surface area (TPSA) is 49.8 Å². The fourth-order valence-corrected chi connectivity index (χ4v) is 3.10. The quantitative estimate of drug-likeness (QED) is 0.698. The minimum Gasteiger partial charge on any atom is -0.366 e. The number of anilines is 2. The molecule has 132 valence electrons. The van der Waals surface area contributed by atoms with Gasteiger partial charge < -0.3 is 10.6 Å². The molecule has 0 atom stereocenters. The third-order valence-electron chi connectivity index (χ3n) is 4.56. The Labute approximate surface area is 150 Å². The van der Waals surface area contributed by atoms with Gasteiger partial charge >= 0.3 is 0 Å². The van der Waals surface area contributed by atoms with Crippen LogP contribution in [0.3, 0.4) is 0 Å². The Balaban J connectivity index is 1.54. The van der Waals surface area contributed by atoms with Gasteiger partial charge in [-0.1, -0.05) is 41.5 Å². The number of allylic oxidation sites excluding steroid dienone is 1. The molecule has 0 unspecified atom stereocenters. The Morgan fingerprint density at radius 3 is 2.60 bits per heavy atom. The summed E-state index contributed by atoms with van der Waals surface area (Å²) in [6, 6.07) is 10.5. The van der Waals surface area contributed by atoms with Crippen molar-refractivity contribution in [2.24, 2.45) is 0 Å². The van der Waals surface area contributed by atoms with E-state index in [1.807, 2.05) is 13.0 Å². The third kappa shape index (κ3) is 5.59. The Morgan fingerprint density at radius 2 is 1.84 bits per heavy atom. The molecule has 0 saturated carbocycles. The second-order valence-corrected chi connectivity index (χ2v) is 6.84. The lowest BCUT2D eigenvalue weighted by molar-refractivity contribution is 0.679. The van der Waals surface area contributed by atoms with Crippen LogP contribution in [0.1, 0.15) is 48.9 Å². The average Bonchev–Trinajstić information content (AvgIpc) is 2.62. The van der Waals surface area contributed by atoms with Crippen LogP contribution in [0.15, 0.2) is 42.0 Å². The molecule has 0 spiro atoms. The highest BCUT2D eigenvalue weighted by Crippen LogP contribution is 2.20. The normalized spacial score (nSPS) is 14.1. The van der Waals surface area contributed by atoms with Gasteiger partial charge in [0.1, 0.15) is 5.82 Å². The Kier molecular flexibility index (Phi) is 6.04. The predicted molar refractivity (Wildman–Crippen MR) is 105 cm³/mol. The van der Waals surface area contributed by atoms with Crippen molar-refractivity contribution in [3.8, 4) is 0 Å². The van der Waals surface area contributed by atoms with Crippen molar-refractivity contribution in [1.29, 1.82) is 0 Å². The summed E-state index contributed by atoms with van der Waals surface area (Å²) in [5.74, 6) is 1.58. The van der Waals surface area contributed by atoms with Crippen LogP contribution in [-0.4, -0.2) is 16.5 Å². The van der Waals surface area contributed by atoms with Crippen LogP contribution in [0, 0.1) is 13.8 Å². The van der Waals surface area contributed by atoms with Gasteiger partial charge in [0.2, 0.25) is 5.95 Å². The van der Waals surface area contributed by atoms with Gasteiger partial charge in [-0.05, 0) is 51.5 Å². The number of hydrogen-bond acceptors (Lipinski definition) is 4. The van der Waals surface area contributed by atoms with Crippen LogP contribution < -0.4 is 10.6 Å². The van der Waals surface area contributed by atoms with E-state index in [0.717, 1.165) is 31.0 Å². The molecule has 0 amide bonds. The van der Waals surface area contributed by atoms with Gasteiger partial charge in [0.25, 0.3) is 0 Å². The molecule has 3 rings (SSSR count). The summed E-state index contributed by atoms with van der Waals surface area (Å²) in [6.45, 7) is 5.77. The first-order valence-electron chi connectivity index (χ1n) is 9.26. The molecule has 4 nitrogen and oxygen atoms in total. The number of nitrogens with zero attached hydrogens (tertiary/aromatic N) is 2. The van der Waals surface area contributed by atoms with Crippen LogP contribution in [0.4, 0.5) is 11.8 Å². The molecule has 25 heavy (non-hydrogen) atoms. The highest BCUT2D eigenvalue weighted by atomic mass is 15.1. The number of aromatic nitrogens is 2. The Morgan fingerprint density at radius 1 is 1.00 bits per heavy atom. The molecule has 1 aromatic heterocycles. The summed E-state index contributed by atoms with van der Waals surface area (Å²) >= 11 is 0. The fourth-order valence-electron chi connectivity index (χ4n) is 3.10. The van der Waals surface area contributed by atoms with Gasteiger partial charge in [-0.2, -0.15) is 4.98 Å². The molecule has 0 fully saturated rings. The smallest absolute Gasteiger partial charge is 0.224 e. The van der Waals surface area contributed by atoms with Crippen LogP contribution >= 0.6 is 0 Å². The molecule has 1 heterocycles. The first-order chi connectivity index (χ1) is 12.2. The molecular formula is C21H28N4. The van der Waals surface area contributed by atoms with Gasteiger partial charge in [0.05, 0.1) is 0 Å². The molecule has 0 radical (unpaired) electrons. The summed E-state index contributed by atoms with van der Waals surface area (Å²) in [4.78, 5) is 9.10. The highest BCUT2D eigenvalue weighted by molar-refractivity contribution is 5.43. The third-order valence-corrected chi connectivity index (χ3v) is 4.56. The van der Waals surface area contributed by atoms with Crippen molar-refractivity contribution in [2.45, 2.75) is 52.5 Å². The summed E-state index contributed by atoms with van der Waals surface area (Å²) in [7, 11) is 0. The molecule has 1 aromatic carbocycles. The van der Waals surface area contributed by atoms with Crippen LogP contribution in [0.25, 0.3) is 0 Å². The van der Waals surface area contributed by atoms with Gasteiger partial charge in [-0.25, -0.2) is 4.98 Å². The van der Waals surface area contributed by atoms with E-state index in [1.54, 1.807) is 5.57 Å². The van der Waals surface area contributed by atoms with Crippen molar-refractivity contribution in [2.75, 3.05) is 17.2 Å². The minimum atomic E-state index is 0.711. The van der Waals surface area contributed by atoms with E-state index in [2.05, 4.69) is 57.9 Å². The van der Waals surface area contributed by atoms with Crippen molar-refractivity contribution < 1.29 is 0 Å². The lowest BCUT2D eigenvalue weighted by Crippen LogP contribution is -2.10. The SMILES string of the molecule is Cc1ccc(CNc2cc(C)nc(NCCC3=CCCCC3)n2)cc1. The molecule has 1 aliphatic rings. The molecular weight excluding hydrogens is 308 g/mol. The molecule has 0 bridgehead atoms. The summed E-state index contributed by atoms with van der Waals surface area (Å²) in [6.07, 6.45) is 8.65. The second-order valence-electron chi connectivity index (χ2n) is 6.84. The zero-order chi connectivity index (χ0) is 17.5. The minimum absolute atomic E-state index is 0.711. The van der Waals surface area contributed by atoms with Gasteiger partial charge in [-0.15, -0.1) is 0 Å². The number of hydrogen-bond donors (Lipinski definition) is 2. The van der Waals surface area contributed by atoms with E-state index in [-0.39, 0.29) is 0 Å². The van der Waals surface area contributed by atoms with Crippen LogP contribution in [-0.2, 0) is 6.54 Å².